The molecule has 20 heavy (non-hydrogen) atoms. The van der Waals surface area contributed by atoms with Crippen LogP contribution in [0, 0.1) is 5.92 Å². The molecule has 1 fully saturated rings. The number of ether oxygens (including phenoxy) is 1. The van der Waals surface area contributed by atoms with Crippen LogP contribution in [-0.2, 0) is 4.74 Å². The fourth-order valence-electron chi connectivity index (χ4n) is 3.17. The maximum absolute atomic E-state index is 5.11. The summed E-state index contributed by atoms with van der Waals surface area (Å²) in [7, 11) is 1.76. The molecule has 112 valence electrons. The second-order valence-corrected chi connectivity index (χ2v) is 6.75. The first-order valence-electron chi connectivity index (χ1n) is 7.74. The van der Waals surface area contributed by atoms with Crippen LogP contribution in [0.4, 0.5) is 0 Å². The minimum absolute atomic E-state index is 0.628. The first-order valence-corrected chi connectivity index (χ1v) is 8.54. The van der Waals surface area contributed by atoms with Gasteiger partial charge in [-0.1, -0.05) is 53.7 Å². The summed E-state index contributed by atoms with van der Waals surface area (Å²) < 4.78 is 6.27. The molecule has 0 amide bonds. The van der Waals surface area contributed by atoms with Gasteiger partial charge in [0.2, 0.25) is 0 Å². The Morgan fingerprint density at radius 1 is 1.25 bits per heavy atom. The molecule has 1 unspecified atom stereocenters. The fourth-order valence-corrected chi connectivity index (χ4v) is 3.44. The molecule has 0 heterocycles. The van der Waals surface area contributed by atoms with Crippen molar-refractivity contribution in [1.82, 2.24) is 5.32 Å². The normalized spacial score (nSPS) is 17.5. The zero-order valence-electron chi connectivity index (χ0n) is 12.4. The van der Waals surface area contributed by atoms with E-state index in [4.69, 9.17) is 4.74 Å². The highest BCUT2D eigenvalue weighted by molar-refractivity contribution is 9.10. The van der Waals surface area contributed by atoms with Crippen molar-refractivity contribution < 1.29 is 4.74 Å². The van der Waals surface area contributed by atoms with E-state index in [1.807, 2.05) is 0 Å². The zero-order valence-corrected chi connectivity index (χ0v) is 14.0. The molecule has 1 aromatic carbocycles. The van der Waals surface area contributed by atoms with Crippen LogP contribution in [0.1, 0.15) is 43.6 Å². The summed E-state index contributed by atoms with van der Waals surface area (Å²) in [5, 5.41) is 3.54. The van der Waals surface area contributed by atoms with Crippen molar-refractivity contribution in [3.8, 4) is 0 Å². The fraction of sp³-hybridized carbons (Fsp3) is 0.647. The van der Waals surface area contributed by atoms with E-state index in [-0.39, 0.29) is 0 Å². The lowest BCUT2D eigenvalue weighted by atomic mass is 9.88. The Hall–Kier alpha value is -0.380. The summed E-state index contributed by atoms with van der Waals surface area (Å²) in [5.74, 6) is 1.55. The summed E-state index contributed by atoms with van der Waals surface area (Å²) in [5.41, 5.74) is 1.46. The lowest BCUT2D eigenvalue weighted by Gasteiger charge is -2.22. The number of methoxy groups -OCH3 is 1. The van der Waals surface area contributed by atoms with Crippen molar-refractivity contribution in [1.29, 1.82) is 0 Å². The molecular weight excluding hydrogens is 314 g/mol. The van der Waals surface area contributed by atoms with Gasteiger partial charge in [0.05, 0.1) is 6.61 Å². The van der Waals surface area contributed by atoms with Crippen molar-refractivity contribution in [2.45, 2.75) is 38.0 Å². The van der Waals surface area contributed by atoms with Crippen molar-refractivity contribution in [3.05, 3.63) is 34.3 Å². The highest BCUT2D eigenvalue weighted by Crippen LogP contribution is 2.34. The summed E-state index contributed by atoms with van der Waals surface area (Å²) in [6.07, 6.45) is 7.02. The average molecular weight is 340 g/mol. The predicted octanol–water partition coefficient (Wildman–Crippen LogP) is 4.35. The monoisotopic (exact) mass is 339 g/mol. The van der Waals surface area contributed by atoms with E-state index < -0.39 is 0 Å². The topological polar surface area (TPSA) is 21.3 Å². The molecule has 0 aromatic heterocycles. The number of hydrogen-bond acceptors (Lipinski definition) is 2. The Morgan fingerprint density at radius 2 is 1.95 bits per heavy atom. The largest absolute Gasteiger partial charge is 0.383 e. The number of hydrogen-bond donors (Lipinski definition) is 1. The van der Waals surface area contributed by atoms with Gasteiger partial charge in [0.25, 0.3) is 0 Å². The maximum atomic E-state index is 5.11. The molecule has 1 aliphatic carbocycles. The van der Waals surface area contributed by atoms with Crippen molar-refractivity contribution >= 4 is 15.9 Å². The van der Waals surface area contributed by atoms with Crippen molar-refractivity contribution in [2.24, 2.45) is 5.92 Å². The smallest absolute Gasteiger partial charge is 0.0587 e. The van der Waals surface area contributed by atoms with E-state index in [9.17, 15) is 0 Å². The second kappa shape index (κ2) is 8.81. The molecular formula is C17H26BrNO. The Bertz CT molecular complexity index is 373. The van der Waals surface area contributed by atoms with Crippen LogP contribution >= 0.6 is 15.9 Å². The van der Waals surface area contributed by atoms with Crippen LogP contribution in [0.15, 0.2) is 28.7 Å². The lowest BCUT2D eigenvalue weighted by Crippen LogP contribution is -2.26. The number of benzene rings is 1. The van der Waals surface area contributed by atoms with Crippen LogP contribution in [0.25, 0.3) is 0 Å². The quantitative estimate of drug-likeness (QED) is 0.711. The number of halogens is 1. The Morgan fingerprint density at radius 3 is 2.60 bits per heavy atom. The molecule has 2 rings (SSSR count). The molecule has 3 heteroatoms. The minimum Gasteiger partial charge on any atom is -0.383 e. The van der Waals surface area contributed by atoms with Gasteiger partial charge < -0.3 is 10.1 Å². The molecule has 0 bridgehead atoms. The highest BCUT2D eigenvalue weighted by atomic mass is 79.9. The molecule has 2 nitrogen and oxygen atoms in total. The van der Waals surface area contributed by atoms with E-state index in [1.165, 1.54) is 37.7 Å². The zero-order chi connectivity index (χ0) is 14.2. The Kier molecular flexibility index (Phi) is 7.05. The van der Waals surface area contributed by atoms with Gasteiger partial charge in [0.15, 0.2) is 0 Å². The third-order valence-electron chi connectivity index (χ3n) is 4.31. The molecule has 0 saturated heterocycles. The molecule has 1 saturated carbocycles. The molecule has 1 aliphatic rings. The summed E-state index contributed by atoms with van der Waals surface area (Å²) in [6, 6.07) is 8.85. The highest BCUT2D eigenvalue weighted by Gasteiger charge is 2.21. The molecule has 1 atom stereocenters. The van der Waals surface area contributed by atoms with Gasteiger partial charge >= 0.3 is 0 Å². The molecule has 0 radical (unpaired) electrons. The van der Waals surface area contributed by atoms with Crippen LogP contribution in [0.3, 0.4) is 0 Å². The third kappa shape index (κ3) is 5.19. The van der Waals surface area contributed by atoms with Gasteiger partial charge in [-0.2, -0.15) is 0 Å². The maximum Gasteiger partial charge on any atom is 0.0587 e. The van der Waals surface area contributed by atoms with Crippen molar-refractivity contribution in [2.75, 3.05) is 26.8 Å². The van der Waals surface area contributed by atoms with E-state index in [0.29, 0.717) is 5.92 Å². The van der Waals surface area contributed by atoms with Crippen molar-refractivity contribution in [3.63, 3.8) is 0 Å². The molecule has 0 spiro atoms. The van der Waals surface area contributed by atoms with E-state index in [0.717, 1.165) is 30.1 Å². The number of rotatable bonds is 8. The Labute approximate surface area is 131 Å². The van der Waals surface area contributed by atoms with Gasteiger partial charge in [0, 0.05) is 24.7 Å². The summed E-state index contributed by atoms with van der Waals surface area (Å²) >= 11 is 3.52. The van der Waals surface area contributed by atoms with Gasteiger partial charge in [-0.05, 0) is 36.0 Å². The lowest BCUT2D eigenvalue weighted by molar-refractivity contribution is 0.198. The van der Waals surface area contributed by atoms with Gasteiger partial charge in [-0.3, -0.25) is 0 Å². The second-order valence-electron chi connectivity index (χ2n) is 5.83. The van der Waals surface area contributed by atoms with Gasteiger partial charge in [-0.25, -0.2) is 0 Å². The minimum atomic E-state index is 0.628. The molecule has 0 aliphatic heterocycles. The standard InChI is InChI=1S/C17H26BrNO/c1-20-11-10-19-13-16(12-14-4-2-3-5-14)15-6-8-17(18)9-7-15/h6-9,14,16,19H,2-5,10-13H2,1H3. The number of nitrogens with one attached hydrogen (secondary N) is 1. The van der Waals surface area contributed by atoms with Crippen LogP contribution < -0.4 is 5.32 Å². The van der Waals surface area contributed by atoms with E-state index >= 15 is 0 Å². The van der Waals surface area contributed by atoms with Crippen LogP contribution in [0.5, 0.6) is 0 Å². The third-order valence-corrected chi connectivity index (χ3v) is 4.84. The molecule has 1 N–H and O–H groups in total. The Balaban J connectivity index is 1.92. The van der Waals surface area contributed by atoms with Gasteiger partial charge in [0.1, 0.15) is 0 Å². The predicted molar refractivity (Wildman–Crippen MR) is 88.2 cm³/mol. The van der Waals surface area contributed by atoms with E-state index in [1.54, 1.807) is 7.11 Å². The first kappa shape index (κ1) is 16.0. The SMILES string of the molecule is COCCNCC(CC1CCCC1)c1ccc(Br)cc1. The molecule has 1 aromatic rings. The average Bonchev–Trinajstić information content (AvgIpc) is 2.96. The van der Waals surface area contributed by atoms with Crippen LogP contribution in [-0.4, -0.2) is 26.8 Å². The van der Waals surface area contributed by atoms with Gasteiger partial charge in [-0.15, -0.1) is 0 Å². The summed E-state index contributed by atoms with van der Waals surface area (Å²) in [4.78, 5) is 0. The summed E-state index contributed by atoms with van der Waals surface area (Å²) in [6.45, 7) is 2.78. The van der Waals surface area contributed by atoms with E-state index in [2.05, 4.69) is 45.5 Å². The first-order chi connectivity index (χ1) is 9.79. The van der Waals surface area contributed by atoms with Crippen LogP contribution in [0.2, 0.25) is 0 Å².